The molecule has 2 amide bonds. The van der Waals surface area contributed by atoms with E-state index in [-0.39, 0.29) is 18.4 Å². The molecule has 6 nitrogen and oxygen atoms in total. The van der Waals surface area contributed by atoms with E-state index in [1.807, 2.05) is 30.3 Å². The van der Waals surface area contributed by atoms with E-state index in [9.17, 15) is 9.59 Å². The molecule has 2 N–H and O–H groups in total. The Morgan fingerprint density at radius 3 is 2.59 bits per heavy atom. The molecule has 0 bridgehead atoms. The average molecular weight is 448 g/mol. The Balaban J connectivity index is 1.64. The van der Waals surface area contributed by atoms with Crippen LogP contribution < -0.4 is 5.32 Å². The summed E-state index contributed by atoms with van der Waals surface area (Å²) in [4.78, 5) is 26.1. The Hall–Kier alpha value is -2.64. The third-order valence-corrected chi connectivity index (χ3v) is 4.77. The Labute approximate surface area is 169 Å². The standard InChI is InChI=1S/C19H16BrClN4O2/c1-25(11-18(26)22-15-5-3-2-4-14(15)20)19(27)17-10-16(23-24-17)12-6-8-13(21)9-7-12/h2-10H,11H2,1H3,(H,22,26)(H,23,24). The highest BCUT2D eigenvalue weighted by atomic mass is 79.9. The summed E-state index contributed by atoms with van der Waals surface area (Å²) >= 11 is 9.25. The number of hydrogen-bond donors (Lipinski definition) is 2. The molecule has 138 valence electrons. The summed E-state index contributed by atoms with van der Waals surface area (Å²) in [6.45, 7) is -0.0878. The van der Waals surface area contributed by atoms with Gasteiger partial charge in [0.05, 0.1) is 17.9 Å². The lowest BCUT2D eigenvalue weighted by atomic mass is 10.1. The molecule has 8 heteroatoms. The van der Waals surface area contributed by atoms with Gasteiger partial charge in [-0.3, -0.25) is 14.7 Å². The van der Waals surface area contributed by atoms with Crippen molar-refractivity contribution < 1.29 is 9.59 Å². The first kappa shape index (κ1) is 19.1. The first-order valence-corrected chi connectivity index (χ1v) is 9.22. The summed E-state index contributed by atoms with van der Waals surface area (Å²) in [5.74, 6) is -0.625. The fourth-order valence-corrected chi connectivity index (χ4v) is 2.95. The van der Waals surface area contributed by atoms with Crippen molar-refractivity contribution in [3.8, 4) is 11.3 Å². The number of H-pyrrole nitrogens is 1. The van der Waals surface area contributed by atoms with Crippen LogP contribution in [0.1, 0.15) is 10.5 Å². The molecule has 0 aliphatic rings. The number of likely N-dealkylation sites (N-methyl/N-ethyl adjacent to an activating group) is 1. The Morgan fingerprint density at radius 2 is 1.89 bits per heavy atom. The van der Waals surface area contributed by atoms with E-state index < -0.39 is 0 Å². The molecule has 3 rings (SSSR count). The molecule has 2 aromatic carbocycles. The number of halogens is 2. The molecule has 0 atom stereocenters. The Kier molecular flexibility index (Phi) is 5.93. The van der Waals surface area contributed by atoms with Gasteiger partial charge in [0, 0.05) is 22.1 Å². The largest absolute Gasteiger partial charge is 0.331 e. The molecular formula is C19H16BrClN4O2. The number of rotatable bonds is 5. The summed E-state index contributed by atoms with van der Waals surface area (Å²) in [6.07, 6.45) is 0. The van der Waals surface area contributed by atoms with Gasteiger partial charge >= 0.3 is 0 Å². The minimum absolute atomic E-state index is 0.0878. The topological polar surface area (TPSA) is 78.1 Å². The number of nitrogens with one attached hydrogen (secondary N) is 2. The van der Waals surface area contributed by atoms with Crippen LogP contribution in [-0.4, -0.2) is 40.5 Å². The Morgan fingerprint density at radius 1 is 1.19 bits per heavy atom. The smallest absolute Gasteiger partial charge is 0.272 e. The lowest BCUT2D eigenvalue weighted by molar-refractivity contribution is -0.116. The molecule has 1 heterocycles. The van der Waals surface area contributed by atoms with E-state index in [0.717, 1.165) is 10.0 Å². The monoisotopic (exact) mass is 446 g/mol. The Bertz CT molecular complexity index is 972. The van der Waals surface area contributed by atoms with E-state index in [1.54, 1.807) is 31.3 Å². The maximum Gasteiger partial charge on any atom is 0.272 e. The van der Waals surface area contributed by atoms with Crippen molar-refractivity contribution in [2.24, 2.45) is 0 Å². The number of aromatic nitrogens is 2. The average Bonchev–Trinajstić information content (AvgIpc) is 3.13. The maximum absolute atomic E-state index is 12.5. The molecule has 0 radical (unpaired) electrons. The van der Waals surface area contributed by atoms with Gasteiger partial charge in [0.25, 0.3) is 5.91 Å². The number of carbonyl (C=O) groups excluding carboxylic acids is 2. The predicted octanol–water partition coefficient (Wildman–Crippen LogP) is 4.20. The van der Waals surface area contributed by atoms with Crippen LogP contribution in [0.3, 0.4) is 0 Å². The predicted molar refractivity (Wildman–Crippen MR) is 109 cm³/mol. The maximum atomic E-state index is 12.5. The van der Waals surface area contributed by atoms with Gasteiger partial charge in [-0.05, 0) is 46.3 Å². The van der Waals surface area contributed by atoms with E-state index in [1.165, 1.54) is 4.90 Å². The molecule has 0 spiro atoms. The first-order valence-electron chi connectivity index (χ1n) is 8.05. The molecule has 0 aliphatic heterocycles. The number of para-hydroxylation sites is 1. The lowest BCUT2D eigenvalue weighted by Gasteiger charge is -2.16. The van der Waals surface area contributed by atoms with Crippen molar-refractivity contribution in [3.05, 3.63) is 69.8 Å². The van der Waals surface area contributed by atoms with Gasteiger partial charge < -0.3 is 10.2 Å². The van der Waals surface area contributed by atoms with Crippen molar-refractivity contribution in [2.45, 2.75) is 0 Å². The fourth-order valence-electron chi connectivity index (χ4n) is 2.44. The van der Waals surface area contributed by atoms with Crippen LogP contribution in [0.5, 0.6) is 0 Å². The van der Waals surface area contributed by atoms with Crippen LogP contribution >= 0.6 is 27.5 Å². The van der Waals surface area contributed by atoms with Gasteiger partial charge in [-0.2, -0.15) is 5.10 Å². The van der Waals surface area contributed by atoms with E-state index in [0.29, 0.717) is 22.1 Å². The van der Waals surface area contributed by atoms with Gasteiger partial charge in [0.15, 0.2) is 0 Å². The molecule has 3 aromatic rings. The van der Waals surface area contributed by atoms with Crippen molar-refractivity contribution in [1.29, 1.82) is 0 Å². The highest BCUT2D eigenvalue weighted by Gasteiger charge is 2.18. The van der Waals surface area contributed by atoms with Crippen molar-refractivity contribution in [3.63, 3.8) is 0 Å². The number of anilines is 1. The zero-order chi connectivity index (χ0) is 19.4. The number of benzene rings is 2. The summed E-state index contributed by atoms with van der Waals surface area (Å²) in [7, 11) is 1.56. The van der Waals surface area contributed by atoms with Gasteiger partial charge in [-0.1, -0.05) is 35.9 Å². The van der Waals surface area contributed by atoms with Gasteiger partial charge in [-0.25, -0.2) is 0 Å². The second-order valence-electron chi connectivity index (χ2n) is 5.86. The zero-order valence-electron chi connectivity index (χ0n) is 14.4. The van der Waals surface area contributed by atoms with Gasteiger partial charge in [-0.15, -0.1) is 0 Å². The van der Waals surface area contributed by atoms with Crippen LogP contribution in [0, 0.1) is 0 Å². The second-order valence-corrected chi connectivity index (χ2v) is 7.15. The van der Waals surface area contributed by atoms with E-state index in [4.69, 9.17) is 11.6 Å². The molecule has 0 fully saturated rings. The first-order chi connectivity index (χ1) is 12.9. The molecule has 27 heavy (non-hydrogen) atoms. The van der Waals surface area contributed by atoms with Crippen LogP contribution in [0.25, 0.3) is 11.3 Å². The van der Waals surface area contributed by atoms with Crippen LogP contribution in [0.2, 0.25) is 5.02 Å². The van der Waals surface area contributed by atoms with Gasteiger partial charge in [0.2, 0.25) is 5.91 Å². The van der Waals surface area contributed by atoms with Crippen molar-refractivity contribution >= 4 is 45.0 Å². The lowest BCUT2D eigenvalue weighted by Crippen LogP contribution is -2.35. The van der Waals surface area contributed by atoms with Gasteiger partial charge in [0.1, 0.15) is 5.69 Å². The molecule has 1 aromatic heterocycles. The summed E-state index contributed by atoms with van der Waals surface area (Å²) in [6, 6.07) is 16.1. The summed E-state index contributed by atoms with van der Waals surface area (Å²) < 4.78 is 0.772. The summed E-state index contributed by atoms with van der Waals surface area (Å²) in [5, 5.41) is 10.3. The molecule has 0 aliphatic carbocycles. The number of aromatic amines is 1. The molecule has 0 unspecified atom stereocenters. The highest BCUT2D eigenvalue weighted by molar-refractivity contribution is 9.10. The number of nitrogens with zero attached hydrogens (tertiary/aromatic N) is 2. The zero-order valence-corrected chi connectivity index (χ0v) is 16.7. The molecule has 0 saturated heterocycles. The molecule has 0 saturated carbocycles. The third-order valence-electron chi connectivity index (χ3n) is 3.82. The quantitative estimate of drug-likeness (QED) is 0.615. The minimum atomic E-state index is -0.329. The van der Waals surface area contributed by atoms with Crippen molar-refractivity contribution in [1.82, 2.24) is 15.1 Å². The van der Waals surface area contributed by atoms with E-state index in [2.05, 4.69) is 31.4 Å². The van der Waals surface area contributed by atoms with Crippen LogP contribution in [0.4, 0.5) is 5.69 Å². The van der Waals surface area contributed by atoms with Crippen LogP contribution in [-0.2, 0) is 4.79 Å². The number of carbonyl (C=O) groups is 2. The minimum Gasteiger partial charge on any atom is -0.331 e. The summed E-state index contributed by atoms with van der Waals surface area (Å²) in [5.41, 5.74) is 2.41. The molecular weight excluding hydrogens is 432 g/mol. The number of amides is 2. The SMILES string of the molecule is CN(CC(=O)Nc1ccccc1Br)C(=O)c1cc(-c2ccc(Cl)cc2)n[nH]1. The third kappa shape index (κ3) is 4.75. The highest BCUT2D eigenvalue weighted by Crippen LogP contribution is 2.22. The van der Waals surface area contributed by atoms with Crippen molar-refractivity contribution in [2.75, 3.05) is 18.9 Å². The number of hydrogen-bond acceptors (Lipinski definition) is 3. The second kappa shape index (κ2) is 8.37. The van der Waals surface area contributed by atoms with Crippen LogP contribution in [0.15, 0.2) is 59.1 Å². The fraction of sp³-hybridized carbons (Fsp3) is 0.105. The normalized spacial score (nSPS) is 10.5. The van der Waals surface area contributed by atoms with E-state index >= 15 is 0 Å².